The maximum absolute atomic E-state index is 11.8. The van der Waals surface area contributed by atoms with Crippen LogP contribution in [0.25, 0.3) is 0 Å². The molecule has 1 heterocycles. The van der Waals surface area contributed by atoms with Gasteiger partial charge in [-0.05, 0) is 24.5 Å². The number of carbonyl (C=O) groups excluding carboxylic acids is 1. The Hall–Kier alpha value is -1.22. The van der Waals surface area contributed by atoms with Crippen molar-refractivity contribution in [3.05, 3.63) is 23.2 Å². The van der Waals surface area contributed by atoms with Gasteiger partial charge in [-0.3, -0.25) is 4.79 Å². The van der Waals surface area contributed by atoms with Crippen molar-refractivity contribution >= 4 is 28.9 Å². The van der Waals surface area contributed by atoms with E-state index in [1.807, 2.05) is 18.2 Å². The Kier molecular flexibility index (Phi) is 3.06. The van der Waals surface area contributed by atoms with Crippen molar-refractivity contribution in [2.75, 3.05) is 10.6 Å². The molecule has 0 aliphatic carbocycles. The third-order valence-electron chi connectivity index (χ3n) is 2.61. The zero-order valence-corrected chi connectivity index (χ0v) is 10.1. The smallest absolute Gasteiger partial charge is 0.246 e. The van der Waals surface area contributed by atoms with E-state index >= 15 is 0 Å². The van der Waals surface area contributed by atoms with Crippen molar-refractivity contribution in [1.82, 2.24) is 0 Å². The fraction of sp³-hybridized carbons (Fsp3) is 0.417. The van der Waals surface area contributed by atoms with E-state index in [4.69, 9.17) is 11.6 Å². The Balaban J connectivity index is 2.26. The predicted molar refractivity (Wildman–Crippen MR) is 66.9 cm³/mol. The van der Waals surface area contributed by atoms with Crippen LogP contribution in [0, 0.1) is 5.92 Å². The van der Waals surface area contributed by atoms with E-state index in [9.17, 15) is 4.79 Å². The molecule has 86 valence electrons. The molecular formula is C12H15ClN2O. The molecule has 0 bridgehead atoms. The number of anilines is 2. The Morgan fingerprint density at radius 1 is 1.44 bits per heavy atom. The minimum atomic E-state index is -0.188. The summed E-state index contributed by atoms with van der Waals surface area (Å²) < 4.78 is 0. The maximum Gasteiger partial charge on any atom is 0.246 e. The molecule has 1 atom stereocenters. The summed E-state index contributed by atoms with van der Waals surface area (Å²) in [7, 11) is 0. The van der Waals surface area contributed by atoms with Crippen molar-refractivity contribution in [2.24, 2.45) is 5.92 Å². The van der Waals surface area contributed by atoms with Crippen LogP contribution in [0.15, 0.2) is 18.2 Å². The number of hydrogen-bond donors (Lipinski definition) is 2. The fourth-order valence-corrected chi connectivity index (χ4v) is 2.10. The molecular weight excluding hydrogens is 224 g/mol. The Morgan fingerprint density at radius 3 is 2.88 bits per heavy atom. The number of rotatable bonds is 2. The van der Waals surface area contributed by atoms with E-state index in [1.165, 1.54) is 0 Å². The lowest BCUT2D eigenvalue weighted by Gasteiger charge is -2.28. The Bertz CT molecular complexity index is 417. The first-order valence-corrected chi connectivity index (χ1v) is 5.81. The third-order valence-corrected chi connectivity index (χ3v) is 2.93. The minimum absolute atomic E-state index is 0.0171. The van der Waals surface area contributed by atoms with Crippen molar-refractivity contribution in [3.63, 3.8) is 0 Å². The van der Waals surface area contributed by atoms with E-state index in [0.717, 1.165) is 17.8 Å². The van der Waals surface area contributed by atoms with Crippen molar-refractivity contribution in [3.8, 4) is 0 Å². The SMILES string of the molecule is CC(C)C[C@H]1Nc2c(Cl)cccc2NC1=O. The summed E-state index contributed by atoms with van der Waals surface area (Å²) in [5, 5.41) is 6.72. The normalized spacial score (nSPS) is 19.0. The zero-order valence-electron chi connectivity index (χ0n) is 9.38. The number of amides is 1. The molecule has 3 nitrogen and oxygen atoms in total. The van der Waals surface area contributed by atoms with Gasteiger partial charge in [0.05, 0.1) is 16.4 Å². The second kappa shape index (κ2) is 4.34. The van der Waals surface area contributed by atoms with Crippen molar-refractivity contribution < 1.29 is 4.79 Å². The summed E-state index contributed by atoms with van der Waals surface area (Å²) in [5.74, 6) is 0.482. The molecule has 1 aliphatic heterocycles. The molecule has 1 aromatic carbocycles. The number of fused-ring (bicyclic) bond motifs is 1. The highest BCUT2D eigenvalue weighted by atomic mass is 35.5. The molecule has 0 aromatic heterocycles. The molecule has 2 N–H and O–H groups in total. The number of halogens is 1. The van der Waals surface area contributed by atoms with Gasteiger partial charge in [0.2, 0.25) is 5.91 Å². The number of nitrogens with one attached hydrogen (secondary N) is 2. The first-order valence-electron chi connectivity index (χ1n) is 5.44. The van der Waals surface area contributed by atoms with Gasteiger partial charge in [-0.15, -0.1) is 0 Å². The first kappa shape index (κ1) is 11.3. The van der Waals surface area contributed by atoms with Crippen LogP contribution in [0.3, 0.4) is 0 Å². The molecule has 2 rings (SSSR count). The van der Waals surface area contributed by atoms with Crippen LogP contribution in [0.5, 0.6) is 0 Å². The van der Waals surface area contributed by atoms with Gasteiger partial charge < -0.3 is 10.6 Å². The van der Waals surface area contributed by atoms with E-state index < -0.39 is 0 Å². The Labute approximate surface area is 100 Å². The molecule has 0 radical (unpaired) electrons. The van der Waals surface area contributed by atoms with Crippen LogP contribution >= 0.6 is 11.6 Å². The third kappa shape index (κ3) is 2.14. The summed E-state index contributed by atoms with van der Waals surface area (Å²) in [6.07, 6.45) is 0.802. The summed E-state index contributed by atoms with van der Waals surface area (Å²) in [6, 6.07) is 5.30. The highest BCUT2D eigenvalue weighted by Crippen LogP contribution is 2.34. The van der Waals surface area contributed by atoms with Crippen molar-refractivity contribution in [2.45, 2.75) is 26.3 Å². The van der Waals surface area contributed by atoms with Gasteiger partial charge in [-0.25, -0.2) is 0 Å². The fourth-order valence-electron chi connectivity index (χ4n) is 1.87. The van der Waals surface area contributed by atoms with Crippen LogP contribution in [-0.4, -0.2) is 11.9 Å². The monoisotopic (exact) mass is 238 g/mol. The molecule has 16 heavy (non-hydrogen) atoms. The van der Waals surface area contributed by atoms with Gasteiger partial charge in [-0.1, -0.05) is 31.5 Å². The lowest BCUT2D eigenvalue weighted by Crippen LogP contribution is -2.39. The second-order valence-electron chi connectivity index (χ2n) is 4.48. The number of benzene rings is 1. The molecule has 0 fully saturated rings. The van der Waals surface area contributed by atoms with E-state index in [0.29, 0.717) is 10.9 Å². The van der Waals surface area contributed by atoms with Gasteiger partial charge >= 0.3 is 0 Å². The summed E-state index contributed by atoms with van der Waals surface area (Å²) >= 11 is 6.08. The molecule has 0 saturated heterocycles. The van der Waals surface area contributed by atoms with Gasteiger partial charge in [0.1, 0.15) is 6.04 Å². The maximum atomic E-state index is 11.8. The van der Waals surface area contributed by atoms with E-state index in [2.05, 4.69) is 24.5 Å². The van der Waals surface area contributed by atoms with Crippen LogP contribution in [0.4, 0.5) is 11.4 Å². The van der Waals surface area contributed by atoms with Gasteiger partial charge in [-0.2, -0.15) is 0 Å². The predicted octanol–water partition coefficient (Wildman–Crippen LogP) is 3.12. The molecule has 4 heteroatoms. The van der Waals surface area contributed by atoms with Crippen LogP contribution in [0.1, 0.15) is 20.3 Å². The molecule has 1 amide bonds. The molecule has 1 aliphatic rings. The number of carbonyl (C=O) groups is 1. The van der Waals surface area contributed by atoms with Gasteiger partial charge in [0.15, 0.2) is 0 Å². The van der Waals surface area contributed by atoms with Crippen LogP contribution in [-0.2, 0) is 4.79 Å². The first-order chi connectivity index (χ1) is 7.58. The van der Waals surface area contributed by atoms with Gasteiger partial charge in [0, 0.05) is 0 Å². The average molecular weight is 239 g/mol. The molecule has 0 spiro atoms. The number of para-hydroxylation sites is 1. The minimum Gasteiger partial charge on any atom is -0.371 e. The second-order valence-corrected chi connectivity index (χ2v) is 4.89. The lowest BCUT2D eigenvalue weighted by molar-refractivity contribution is -0.117. The highest BCUT2D eigenvalue weighted by molar-refractivity contribution is 6.34. The van der Waals surface area contributed by atoms with Crippen LogP contribution in [0.2, 0.25) is 5.02 Å². The van der Waals surface area contributed by atoms with E-state index in [1.54, 1.807) is 0 Å². The van der Waals surface area contributed by atoms with Crippen molar-refractivity contribution in [1.29, 1.82) is 0 Å². The van der Waals surface area contributed by atoms with Crippen LogP contribution < -0.4 is 10.6 Å². The molecule has 1 aromatic rings. The quantitative estimate of drug-likeness (QED) is 0.831. The topological polar surface area (TPSA) is 41.1 Å². The molecule has 0 saturated carbocycles. The largest absolute Gasteiger partial charge is 0.371 e. The summed E-state index contributed by atoms with van der Waals surface area (Å²) in [6.45, 7) is 4.19. The highest BCUT2D eigenvalue weighted by Gasteiger charge is 2.26. The average Bonchev–Trinajstić information content (AvgIpc) is 2.20. The van der Waals surface area contributed by atoms with Gasteiger partial charge in [0.25, 0.3) is 0 Å². The zero-order chi connectivity index (χ0) is 11.7. The number of hydrogen-bond acceptors (Lipinski definition) is 2. The summed E-state index contributed by atoms with van der Waals surface area (Å²) in [4.78, 5) is 11.8. The lowest BCUT2D eigenvalue weighted by atomic mass is 10.0. The Morgan fingerprint density at radius 2 is 2.19 bits per heavy atom. The molecule has 0 unspecified atom stereocenters. The van der Waals surface area contributed by atoms with E-state index in [-0.39, 0.29) is 11.9 Å². The summed E-state index contributed by atoms with van der Waals surface area (Å²) in [5.41, 5.74) is 1.59. The standard InChI is InChI=1S/C12H15ClN2O/c1-7(2)6-10-12(16)15-9-5-3-4-8(13)11(9)14-10/h3-5,7,10,14H,6H2,1-2H3,(H,15,16)/t10-/m1/s1.